The monoisotopic (exact) mass is 264 g/mol. The minimum absolute atomic E-state index is 0.0742. The van der Waals surface area contributed by atoms with Crippen molar-refractivity contribution in [1.29, 1.82) is 0 Å². The Kier molecular flexibility index (Phi) is 3.39. The average molecular weight is 264 g/mol. The Morgan fingerprint density at radius 3 is 3.06 bits per heavy atom. The number of amides is 1. The van der Waals surface area contributed by atoms with E-state index in [1.165, 1.54) is 11.3 Å². The SMILES string of the molecule is O=C1CCC[C@@]2(CCCN(Cc3cccs3)C2)N1. The standard InChI is InChI=1S/C14H20N2OS/c17-13-5-1-6-14(15-13)7-3-8-16(11-14)10-12-4-2-9-18-12/h2,4,9H,1,3,5-8,10-11H2,(H,15,17)/t14-/m0/s1. The minimum atomic E-state index is 0.0742. The van der Waals surface area contributed by atoms with Crippen molar-refractivity contribution in [3.05, 3.63) is 22.4 Å². The smallest absolute Gasteiger partial charge is 0.220 e. The van der Waals surface area contributed by atoms with Crippen molar-refractivity contribution >= 4 is 17.2 Å². The lowest BCUT2D eigenvalue weighted by atomic mass is 9.81. The van der Waals surface area contributed by atoms with Gasteiger partial charge in [-0.15, -0.1) is 11.3 Å². The van der Waals surface area contributed by atoms with Crippen LogP contribution in [0, 0.1) is 0 Å². The van der Waals surface area contributed by atoms with E-state index in [1.807, 2.05) is 11.3 Å². The molecule has 1 aromatic rings. The second-order valence-corrected chi connectivity index (χ2v) is 6.61. The number of nitrogens with zero attached hydrogens (tertiary/aromatic N) is 1. The van der Waals surface area contributed by atoms with Crippen molar-refractivity contribution in [2.45, 2.75) is 44.2 Å². The molecule has 0 radical (unpaired) electrons. The highest BCUT2D eigenvalue weighted by molar-refractivity contribution is 7.09. The Balaban J connectivity index is 1.66. The maximum Gasteiger partial charge on any atom is 0.220 e. The van der Waals surface area contributed by atoms with Gasteiger partial charge in [-0.25, -0.2) is 0 Å². The Morgan fingerprint density at radius 2 is 2.28 bits per heavy atom. The number of carbonyl (C=O) groups excluding carboxylic acids is 1. The van der Waals surface area contributed by atoms with Gasteiger partial charge in [-0.05, 0) is 43.7 Å². The molecule has 0 aliphatic carbocycles. The van der Waals surface area contributed by atoms with Crippen molar-refractivity contribution in [3.8, 4) is 0 Å². The number of hydrogen-bond donors (Lipinski definition) is 1. The molecule has 1 amide bonds. The molecule has 3 nitrogen and oxygen atoms in total. The number of rotatable bonds is 2. The van der Waals surface area contributed by atoms with Gasteiger partial charge >= 0.3 is 0 Å². The second-order valence-electron chi connectivity index (χ2n) is 5.58. The zero-order valence-corrected chi connectivity index (χ0v) is 11.5. The summed E-state index contributed by atoms with van der Waals surface area (Å²) in [6.45, 7) is 3.22. The van der Waals surface area contributed by atoms with Gasteiger partial charge < -0.3 is 5.32 Å². The second kappa shape index (κ2) is 5.02. The number of likely N-dealkylation sites (tertiary alicyclic amines) is 1. The Hall–Kier alpha value is -0.870. The van der Waals surface area contributed by atoms with Crippen LogP contribution in [0.3, 0.4) is 0 Å². The summed E-state index contributed by atoms with van der Waals surface area (Å²) >= 11 is 1.82. The number of piperidine rings is 2. The molecule has 18 heavy (non-hydrogen) atoms. The van der Waals surface area contributed by atoms with E-state index in [1.54, 1.807) is 0 Å². The van der Waals surface area contributed by atoms with Gasteiger partial charge in [0.2, 0.25) is 5.91 Å². The first-order valence-corrected chi connectivity index (χ1v) is 7.70. The Morgan fingerprint density at radius 1 is 1.39 bits per heavy atom. The zero-order chi connectivity index (χ0) is 12.4. The third kappa shape index (κ3) is 2.59. The molecule has 2 saturated heterocycles. The molecule has 0 aromatic carbocycles. The first kappa shape index (κ1) is 12.2. The van der Waals surface area contributed by atoms with E-state index in [4.69, 9.17) is 0 Å². The van der Waals surface area contributed by atoms with Gasteiger partial charge in [0, 0.05) is 24.4 Å². The minimum Gasteiger partial charge on any atom is -0.349 e. The van der Waals surface area contributed by atoms with E-state index >= 15 is 0 Å². The van der Waals surface area contributed by atoms with E-state index in [-0.39, 0.29) is 11.4 Å². The summed E-state index contributed by atoms with van der Waals surface area (Å²) in [4.78, 5) is 15.6. The summed E-state index contributed by atoms with van der Waals surface area (Å²) < 4.78 is 0. The van der Waals surface area contributed by atoms with Crippen LogP contribution in [-0.4, -0.2) is 29.4 Å². The summed E-state index contributed by atoms with van der Waals surface area (Å²) in [5, 5.41) is 5.40. The number of hydrogen-bond acceptors (Lipinski definition) is 3. The van der Waals surface area contributed by atoms with E-state index < -0.39 is 0 Å². The van der Waals surface area contributed by atoms with Crippen LogP contribution >= 0.6 is 11.3 Å². The predicted molar refractivity (Wildman–Crippen MR) is 73.6 cm³/mol. The van der Waals surface area contributed by atoms with E-state index in [0.717, 1.165) is 38.9 Å². The molecular formula is C14H20N2OS. The summed E-state index contributed by atoms with van der Waals surface area (Å²) in [6.07, 6.45) is 5.27. The van der Waals surface area contributed by atoms with Crippen molar-refractivity contribution < 1.29 is 4.79 Å². The van der Waals surface area contributed by atoms with Gasteiger partial charge in [-0.3, -0.25) is 9.69 Å². The van der Waals surface area contributed by atoms with Crippen LogP contribution in [0.4, 0.5) is 0 Å². The van der Waals surface area contributed by atoms with Gasteiger partial charge in [0.25, 0.3) is 0 Å². The van der Waals surface area contributed by atoms with E-state index in [9.17, 15) is 4.79 Å². The molecule has 1 atom stereocenters. The van der Waals surface area contributed by atoms with Gasteiger partial charge in [0.1, 0.15) is 0 Å². The fraction of sp³-hybridized carbons (Fsp3) is 0.643. The van der Waals surface area contributed by atoms with Crippen LogP contribution in [0.2, 0.25) is 0 Å². The van der Waals surface area contributed by atoms with Crippen LogP contribution in [-0.2, 0) is 11.3 Å². The summed E-state index contributed by atoms with van der Waals surface area (Å²) in [5.74, 6) is 0.249. The molecule has 98 valence electrons. The number of carbonyl (C=O) groups is 1. The molecule has 2 fully saturated rings. The summed E-state index contributed by atoms with van der Waals surface area (Å²) in [7, 11) is 0. The van der Waals surface area contributed by atoms with Crippen LogP contribution in [0.25, 0.3) is 0 Å². The fourth-order valence-electron chi connectivity index (χ4n) is 3.30. The van der Waals surface area contributed by atoms with Crippen LogP contribution < -0.4 is 5.32 Å². The van der Waals surface area contributed by atoms with Gasteiger partial charge in [0.15, 0.2) is 0 Å². The lowest BCUT2D eigenvalue weighted by molar-refractivity contribution is -0.126. The number of nitrogens with one attached hydrogen (secondary N) is 1. The fourth-order valence-corrected chi connectivity index (χ4v) is 4.05. The molecule has 1 N–H and O–H groups in total. The van der Waals surface area contributed by atoms with E-state index in [2.05, 4.69) is 27.7 Å². The molecule has 1 aromatic heterocycles. The van der Waals surface area contributed by atoms with E-state index in [0.29, 0.717) is 6.42 Å². The molecule has 4 heteroatoms. The quantitative estimate of drug-likeness (QED) is 0.889. The van der Waals surface area contributed by atoms with Gasteiger partial charge in [-0.1, -0.05) is 6.07 Å². The Labute approximate surface area is 112 Å². The van der Waals surface area contributed by atoms with Crippen LogP contribution in [0.15, 0.2) is 17.5 Å². The highest BCUT2D eigenvalue weighted by Crippen LogP contribution is 2.30. The summed E-state index contributed by atoms with van der Waals surface area (Å²) in [5.41, 5.74) is 0.0742. The molecule has 0 bridgehead atoms. The molecule has 1 spiro atoms. The third-order valence-corrected chi connectivity index (χ3v) is 4.94. The maximum atomic E-state index is 11.6. The normalized spacial score (nSPS) is 29.4. The van der Waals surface area contributed by atoms with Crippen LogP contribution in [0.5, 0.6) is 0 Å². The molecular weight excluding hydrogens is 244 g/mol. The largest absolute Gasteiger partial charge is 0.349 e. The molecule has 0 saturated carbocycles. The predicted octanol–water partition coefficient (Wildman–Crippen LogP) is 2.38. The lowest BCUT2D eigenvalue weighted by Gasteiger charge is -2.45. The third-order valence-electron chi connectivity index (χ3n) is 4.08. The van der Waals surface area contributed by atoms with Crippen molar-refractivity contribution in [2.24, 2.45) is 0 Å². The molecule has 3 heterocycles. The van der Waals surface area contributed by atoms with Crippen molar-refractivity contribution in [2.75, 3.05) is 13.1 Å². The van der Waals surface area contributed by atoms with Crippen molar-refractivity contribution in [1.82, 2.24) is 10.2 Å². The molecule has 3 rings (SSSR count). The van der Waals surface area contributed by atoms with Gasteiger partial charge in [-0.2, -0.15) is 0 Å². The van der Waals surface area contributed by atoms with Crippen molar-refractivity contribution in [3.63, 3.8) is 0 Å². The first-order chi connectivity index (χ1) is 8.76. The zero-order valence-electron chi connectivity index (χ0n) is 10.7. The molecule has 0 unspecified atom stereocenters. The molecule has 2 aliphatic heterocycles. The van der Waals surface area contributed by atoms with Crippen LogP contribution in [0.1, 0.15) is 37.0 Å². The summed E-state index contributed by atoms with van der Waals surface area (Å²) in [6, 6.07) is 4.31. The molecule has 2 aliphatic rings. The number of thiophene rings is 1. The van der Waals surface area contributed by atoms with Gasteiger partial charge in [0.05, 0.1) is 5.54 Å². The lowest BCUT2D eigenvalue weighted by Crippen LogP contribution is -2.60. The topological polar surface area (TPSA) is 32.3 Å². The Bertz CT molecular complexity index is 413. The highest BCUT2D eigenvalue weighted by Gasteiger charge is 2.38. The highest BCUT2D eigenvalue weighted by atomic mass is 32.1. The average Bonchev–Trinajstić information content (AvgIpc) is 2.81. The maximum absolute atomic E-state index is 11.6. The first-order valence-electron chi connectivity index (χ1n) is 6.82.